The largest absolute Gasteiger partial charge is 0.469 e. The van der Waals surface area contributed by atoms with Crippen LogP contribution in [0.15, 0.2) is 30.3 Å². The molecule has 1 aromatic carbocycles. The number of benzene rings is 1. The van der Waals surface area contributed by atoms with E-state index in [9.17, 15) is 14.4 Å². The first-order valence-electron chi connectivity index (χ1n) is 7.52. The summed E-state index contributed by atoms with van der Waals surface area (Å²) in [6, 6.07) is 7.34. The minimum Gasteiger partial charge on any atom is -0.469 e. The number of nitrogens with one attached hydrogen (secondary N) is 2. The molecule has 0 aromatic heterocycles. The molecule has 1 aliphatic carbocycles. The lowest BCUT2D eigenvalue weighted by Crippen LogP contribution is -2.25. The van der Waals surface area contributed by atoms with Crippen LogP contribution >= 0.6 is 0 Å². The molecular formula is C17H20N2O4. The van der Waals surface area contributed by atoms with Gasteiger partial charge in [-0.15, -0.1) is 0 Å². The fourth-order valence-electron chi connectivity index (χ4n) is 1.86. The molecule has 0 bridgehead atoms. The molecule has 0 spiro atoms. The highest BCUT2D eigenvalue weighted by atomic mass is 16.5. The van der Waals surface area contributed by atoms with E-state index in [1.54, 1.807) is 30.3 Å². The Bertz CT molecular complexity index is 604. The number of hydrogen-bond donors (Lipinski definition) is 2. The van der Waals surface area contributed by atoms with E-state index >= 15 is 0 Å². The summed E-state index contributed by atoms with van der Waals surface area (Å²) in [5.74, 6) is -0.720. The number of carbonyl (C=O) groups is 3. The Labute approximate surface area is 134 Å². The van der Waals surface area contributed by atoms with E-state index in [1.165, 1.54) is 13.2 Å². The van der Waals surface area contributed by atoms with Crippen LogP contribution in [0.2, 0.25) is 0 Å². The molecular weight excluding hydrogens is 296 g/mol. The van der Waals surface area contributed by atoms with Gasteiger partial charge in [-0.1, -0.05) is 12.1 Å². The van der Waals surface area contributed by atoms with Crippen molar-refractivity contribution < 1.29 is 19.1 Å². The van der Waals surface area contributed by atoms with E-state index in [2.05, 4.69) is 15.4 Å². The second-order valence-corrected chi connectivity index (χ2v) is 5.32. The molecule has 2 rings (SSSR count). The third-order valence-electron chi connectivity index (χ3n) is 3.37. The Morgan fingerprint density at radius 2 is 1.91 bits per heavy atom. The first-order valence-corrected chi connectivity index (χ1v) is 7.52. The summed E-state index contributed by atoms with van der Waals surface area (Å²) >= 11 is 0. The molecule has 0 heterocycles. The van der Waals surface area contributed by atoms with Crippen LogP contribution in [-0.2, 0) is 14.3 Å². The summed E-state index contributed by atoms with van der Waals surface area (Å²) < 4.78 is 4.48. The molecule has 122 valence electrons. The van der Waals surface area contributed by atoms with Gasteiger partial charge in [-0.2, -0.15) is 0 Å². The lowest BCUT2D eigenvalue weighted by atomic mass is 10.1. The van der Waals surface area contributed by atoms with Crippen LogP contribution in [0.25, 0.3) is 6.08 Å². The Kier molecular flexibility index (Phi) is 5.91. The summed E-state index contributed by atoms with van der Waals surface area (Å²) in [7, 11) is 1.30. The minimum atomic E-state index is -0.366. The van der Waals surface area contributed by atoms with Gasteiger partial charge in [-0.25, -0.2) is 0 Å². The van der Waals surface area contributed by atoms with Crippen molar-refractivity contribution in [2.45, 2.75) is 25.3 Å². The van der Waals surface area contributed by atoms with E-state index in [0.717, 1.165) is 18.4 Å². The second kappa shape index (κ2) is 8.12. The van der Waals surface area contributed by atoms with Gasteiger partial charge in [0.1, 0.15) is 0 Å². The molecule has 6 nitrogen and oxygen atoms in total. The average molecular weight is 316 g/mol. The third kappa shape index (κ3) is 5.94. The number of ether oxygens (including phenoxy) is 1. The van der Waals surface area contributed by atoms with Crippen LogP contribution in [0.3, 0.4) is 0 Å². The molecule has 6 heteroatoms. The summed E-state index contributed by atoms with van der Waals surface area (Å²) in [6.45, 7) is 0.232. The van der Waals surface area contributed by atoms with Crippen LogP contribution in [-0.4, -0.2) is 37.5 Å². The van der Waals surface area contributed by atoms with E-state index in [1.807, 2.05) is 0 Å². The molecule has 2 N–H and O–H groups in total. The molecule has 1 saturated carbocycles. The zero-order chi connectivity index (χ0) is 16.7. The van der Waals surface area contributed by atoms with Gasteiger partial charge in [0.15, 0.2) is 0 Å². The van der Waals surface area contributed by atoms with Gasteiger partial charge in [0.2, 0.25) is 5.91 Å². The molecule has 1 aromatic rings. The first kappa shape index (κ1) is 16.7. The van der Waals surface area contributed by atoms with Gasteiger partial charge < -0.3 is 15.4 Å². The van der Waals surface area contributed by atoms with Gasteiger partial charge in [0.25, 0.3) is 5.91 Å². The fraction of sp³-hybridized carbons (Fsp3) is 0.353. The highest BCUT2D eigenvalue weighted by Crippen LogP contribution is 2.19. The molecule has 0 aliphatic heterocycles. The second-order valence-electron chi connectivity index (χ2n) is 5.32. The molecule has 0 atom stereocenters. The highest BCUT2D eigenvalue weighted by molar-refractivity contribution is 5.95. The van der Waals surface area contributed by atoms with E-state index in [0.29, 0.717) is 11.6 Å². The fourth-order valence-corrected chi connectivity index (χ4v) is 1.86. The van der Waals surface area contributed by atoms with Gasteiger partial charge >= 0.3 is 5.97 Å². The molecule has 1 fully saturated rings. The number of esters is 1. The molecule has 1 aliphatic rings. The summed E-state index contributed by atoms with van der Waals surface area (Å²) in [4.78, 5) is 34.3. The van der Waals surface area contributed by atoms with Gasteiger partial charge in [-0.05, 0) is 36.6 Å². The predicted molar refractivity (Wildman–Crippen MR) is 85.6 cm³/mol. The van der Waals surface area contributed by atoms with Crippen LogP contribution in [0.1, 0.15) is 35.2 Å². The van der Waals surface area contributed by atoms with E-state index < -0.39 is 0 Å². The summed E-state index contributed by atoms with van der Waals surface area (Å²) in [5.41, 5.74) is 1.42. The summed E-state index contributed by atoms with van der Waals surface area (Å²) in [5, 5.41) is 5.50. The van der Waals surface area contributed by atoms with Crippen molar-refractivity contribution in [2.24, 2.45) is 0 Å². The van der Waals surface area contributed by atoms with Gasteiger partial charge in [0.05, 0.1) is 13.5 Å². The van der Waals surface area contributed by atoms with Crippen molar-refractivity contribution in [3.8, 4) is 0 Å². The average Bonchev–Trinajstić information content (AvgIpc) is 3.37. The zero-order valence-electron chi connectivity index (χ0n) is 13.0. The van der Waals surface area contributed by atoms with Crippen LogP contribution in [0.4, 0.5) is 0 Å². The van der Waals surface area contributed by atoms with Crippen molar-refractivity contribution >= 4 is 23.9 Å². The minimum absolute atomic E-state index is 0.0661. The SMILES string of the molecule is COC(=O)CCNC(=O)/C=C/c1ccc(C(=O)NC2CC2)cc1. The number of rotatable bonds is 7. The Hall–Kier alpha value is -2.63. The smallest absolute Gasteiger partial charge is 0.307 e. The van der Waals surface area contributed by atoms with Gasteiger partial charge in [0, 0.05) is 24.2 Å². The molecule has 2 amide bonds. The maximum atomic E-state index is 11.8. The Balaban J connectivity index is 1.78. The maximum Gasteiger partial charge on any atom is 0.307 e. The normalized spacial score (nSPS) is 13.6. The number of carbonyl (C=O) groups excluding carboxylic acids is 3. The standard InChI is InChI=1S/C17H20N2O4/c1-23-16(21)10-11-18-15(20)9-4-12-2-5-13(6-3-12)17(22)19-14-7-8-14/h2-6,9,14H,7-8,10-11H2,1H3,(H,18,20)(H,19,22)/b9-4+. The van der Waals surface area contributed by atoms with E-state index in [4.69, 9.17) is 0 Å². The molecule has 0 unspecified atom stereocenters. The lowest BCUT2D eigenvalue weighted by Gasteiger charge is -2.03. The predicted octanol–water partition coefficient (Wildman–Crippen LogP) is 1.27. The van der Waals surface area contributed by atoms with Crippen LogP contribution < -0.4 is 10.6 Å². The van der Waals surface area contributed by atoms with Crippen molar-refractivity contribution in [3.05, 3.63) is 41.5 Å². The highest BCUT2D eigenvalue weighted by Gasteiger charge is 2.23. The van der Waals surface area contributed by atoms with Crippen molar-refractivity contribution in [1.29, 1.82) is 0 Å². The van der Waals surface area contributed by atoms with Crippen molar-refractivity contribution in [2.75, 3.05) is 13.7 Å². The van der Waals surface area contributed by atoms with Crippen LogP contribution in [0, 0.1) is 0 Å². The summed E-state index contributed by atoms with van der Waals surface area (Å²) in [6.07, 6.45) is 5.28. The molecule has 0 saturated heterocycles. The number of methoxy groups -OCH3 is 1. The molecule has 0 radical (unpaired) electrons. The topological polar surface area (TPSA) is 84.5 Å². The van der Waals surface area contributed by atoms with Crippen LogP contribution in [0.5, 0.6) is 0 Å². The van der Waals surface area contributed by atoms with Crippen molar-refractivity contribution in [3.63, 3.8) is 0 Å². The number of amides is 2. The maximum absolute atomic E-state index is 11.8. The number of hydrogen-bond acceptors (Lipinski definition) is 4. The molecule has 23 heavy (non-hydrogen) atoms. The zero-order valence-corrected chi connectivity index (χ0v) is 13.0. The third-order valence-corrected chi connectivity index (χ3v) is 3.37. The first-order chi connectivity index (χ1) is 11.1. The van der Waals surface area contributed by atoms with Crippen molar-refractivity contribution in [1.82, 2.24) is 10.6 Å². The van der Waals surface area contributed by atoms with E-state index in [-0.39, 0.29) is 30.7 Å². The quantitative estimate of drug-likeness (QED) is 0.586. The lowest BCUT2D eigenvalue weighted by molar-refractivity contribution is -0.140. The Morgan fingerprint density at radius 3 is 2.52 bits per heavy atom. The Morgan fingerprint density at radius 1 is 1.22 bits per heavy atom. The monoisotopic (exact) mass is 316 g/mol. The van der Waals surface area contributed by atoms with Gasteiger partial charge in [-0.3, -0.25) is 14.4 Å².